The molecule has 0 saturated heterocycles. The number of amides is 1. The minimum atomic E-state index is -0.283. The summed E-state index contributed by atoms with van der Waals surface area (Å²) in [7, 11) is 0. The second kappa shape index (κ2) is 6.25. The van der Waals surface area contributed by atoms with E-state index >= 15 is 0 Å². The molecule has 0 aliphatic heterocycles. The Morgan fingerprint density at radius 2 is 2.18 bits per heavy atom. The summed E-state index contributed by atoms with van der Waals surface area (Å²) in [6, 6.07) is 4.97. The molecule has 2 N–H and O–H groups in total. The fraction of sp³-hybridized carbons (Fsp3) is 0.462. The van der Waals surface area contributed by atoms with Gasteiger partial charge < -0.3 is 15.2 Å². The van der Waals surface area contributed by atoms with Crippen molar-refractivity contribution in [3.05, 3.63) is 29.3 Å². The Bertz CT molecular complexity index is 388. The molecule has 1 amide bonds. The Morgan fingerprint density at radius 3 is 2.76 bits per heavy atom. The smallest absolute Gasteiger partial charge is 0.255 e. The molecule has 0 heterocycles. The van der Waals surface area contributed by atoms with Crippen LogP contribution in [0, 0.1) is 6.92 Å². The predicted octanol–water partition coefficient (Wildman–Crippen LogP) is 1.86. The average Bonchev–Trinajstić information content (AvgIpc) is 2.23. The zero-order valence-electron chi connectivity index (χ0n) is 10.5. The molecule has 0 unspecified atom stereocenters. The topological polar surface area (TPSA) is 58.6 Å². The number of rotatable bonds is 5. The quantitative estimate of drug-likeness (QED) is 0.768. The van der Waals surface area contributed by atoms with E-state index in [2.05, 4.69) is 5.32 Å². The maximum absolute atomic E-state index is 11.7. The number of phenols is 1. The van der Waals surface area contributed by atoms with Crippen molar-refractivity contribution in [2.45, 2.75) is 26.9 Å². The van der Waals surface area contributed by atoms with E-state index in [4.69, 9.17) is 4.74 Å². The van der Waals surface area contributed by atoms with Crippen LogP contribution in [-0.4, -0.2) is 30.3 Å². The second-order valence-corrected chi connectivity index (χ2v) is 4.20. The highest BCUT2D eigenvalue weighted by Crippen LogP contribution is 2.17. The minimum absolute atomic E-state index is 0.00674. The van der Waals surface area contributed by atoms with Crippen molar-refractivity contribution in [2.75, 3.05) is 13.2 Å². The van der Waals surface area contributed by atoms with Crippen LogP contribution in [0.3, 0.4) is 0 Å². The minimum Gasteiger partial charge on any atom is -0.507 e. The summed E-state index contributed by atoms with van der Waals surface area (Å²) in [5, 5.41) is 12.3. The van der Waals surface area contributed by atoms with E-state index in [1.807, 2.05) is 20.8 Å². The molecule has 0 aromatic heterocycles. The van der Waals surface area contributed by atoms with Crippen LogP contribution in [0.1, 0.15) is 29.8 Å². The fourth-order valence-corrected chi connectivity index (χ4v) is 1.39. The molecule has 4 nitrogen and oxygen atoms in total. The van der Waals surface area contributed by atoms with Crippen molar-refractivity contribution >= 4 is 5.91 Å². The van der Waals surface area contributed by atoms with Crippen molar-refractivity contribution in [1.82, 2.24) is 5.32 Å². The van der Waals surface area contributed by atoms with Crippen molar-refractivity contribution < 1.29 is 14.6 Å². The van der Waals surface area contributed by atoms with Crippen LogP contribution in [0.25, 0.3) is 0 Å². The zero-order valence-corrected chi connectivity index (χ0v) is 10.5. The molecule has 4 heteroatoms. The first-order chi connectivity index (χ1) is 8.00. The van der Waals surface area contributed by atoms with Gasteiger partial charge >= 0.3 is 0 Å². The molecule has 94 valence electrons. The van der Waals surface area contributed by atoms with Gasteiger partial charge in [0.1, 0.15) is 5.75 Å². The van der Waals surface area contributed by atoms with Crippen LogP contribution < -0.4 is 5.32 Å². The molecule has 0 bridgehead atoms. The monoisotopic (exact) mass is 237 g/mol. The van der Waals surface area contributed by atoms with Crippen LogP contribution in [0.5, 0.6) is 5.75 Å². The number of aromatic hydroxyl groups is 1. The second-order valence-electron chi connectivity index (χ2n) is 4.20. The third-order valence-corrected chi connectivity index (χ3v) is 2.24. The van der Waals surface area contributed by atoms with Crippen LogP contribution >= 0.6 is 0 Å². The van der Waals surface area contributed by atoms with Gasteiger partial charge in [-0.3, -0.25) is 4.79 Å². The maximum atomic E-state index is 11.7. The molecule has 1 aromatic carbocycles. The van der Waals surface area contributed by atoms with Crippen molar-refractivity contribution in [3.8, 4) is 5.75 Å². The summed E-state index contributed by atoms with van der Waals surface area (Å²) in [6.45, 7) is 6.64. The first-order valence-electron chi connectivity index (χ1n) is 5.70. The van der Waals surface area contributed by atoms with Gasteiger partial charge in [0.2, 0.25) is 0 Å². The molecular weight excluding hydrogens is 218 g/mol. The van der Waals surface area contributed by atoms with Crippen LogP contribution in [0.4, 0.5) is 0 Å². The van der Waals surface area contributed by atoms with Crippen molar-refractivity contribution in [1.29, 1.82) is 0 Å². The van der Waals surface area contributed by atoms with E-state index < -0.39 is 0 Å². The molecule has 1 rings (SSSR count). The number of carbonyl (C=O) groups is 1. The van der Waals surface area contributed by atoms with E-state index in [0.717, 1.165) is 5.56 Å². The molecular formula is C13H19NO3. The summed E-state index contributed by atoms with van der Waals surface area (Å²) in [4.78, 5) is 11.7. The molecule has 0 aliphatic rings. The number of benzene rings is 1. The van der Waals surface area contributed by atoms with Crippen molar-refractivity contribution in [2.24, 2.45) is 0 Å². The third-order valence-electron chi connectivity index (χ3n) is 2.24. The summed E-state index contributed by atoms with van der Waals surface area (Å²) < 4.78 is 5.30. The maximum Gasteiger partial charge on any atom is 0.255 e. The number of ether oxygens (including phenoxy) is 1. The van der Waals surface area contributed by atoms with E-state index in [1.165, 1.54) is 0 Å². The lowest BCUT2D eigenvalue weighted by molar-refractivity contribution is 0.0745. The normalized spacial score (nSPS) is 10.6. The van der Waals surface area contributed by atoms with E-state index in [9.17, 15) is 9.90 Å². The average molecular weight is 237 g/mol. The van der Waals surface area contributed by atoms with Gasteiger partial charge in [-0.15, -0.1) is 0 Å². The number of phenolic OH excluding ortho intramolecular Hbond substituents is 1. The first kappa shape index (κ1) is 13.5. The molecule has 1 aromatic rings. The number of hydrogen-bond acceptors (Lipinski definition) is 3. The van der Waals surface area contributed by atoms with Gasteiger partial charge in [0, 0.05) is 6.54 Å². The lowest BCUT2D eigenvalue weighted by Gasteiger charge is -2.09. The van der Waals surface area contributed by atoms with E-state index in [1.54, 1.807) is 18.2 Å². The Balaban J connectivity index is 2.47. The molecule has 0 fully saturated rings. The van der Waals surface area contributed by atoms with Gasteiger partial charge in [0.15, 0.2) is 0 Å². The largest absolute Gasteiger partial charge is 0.507 e. The van der Waals surface area contributed by atoms with E-state index in [-0.39, 0.29) is 17.8 Å². The van der Waals surface area contributed by atoms with Gasteiger partial charge in [-0.2, -0.15) is 0 Å². The highest BCUT2D eigenvalue weighted by Gasteiger charge is 2.10. The van der Waals surface area contributed by atoms with Gasteiger partial charge in [0.05, 0.1) is 18.3 Å². The standard InChI is InChI=1S/C13H19NO3/c1-9(2)17-7-6-14-13(16)11-5-4-10(3)8-12(11)15/h4-5,8-9,15H,6-7H2,1-3H3,(H,14,16). The van der Waals surface area contributed by atoms with Crippen molar-refractivity contribution in [3.63, 3.8) is 0 Å². The van der Waals surface area contributed by atoms with E-state index in [0.29, 0.717) is 18.7 Å². The predicted molar refractivity (Wildman–Crippen MR) is 66.3 cm³/mol. The highest BCUT2D eigenvalue weighted by molar-refractivity contribution is 5.96. The van der Waals surface area contributed by atoms with Gasteiger partial charge in [-0.1, -0.05) is 6.07 Å². The Labute approximate surface area is 102 Å². The first-order valence-corrected chi connectivity index (χ1v) is 5.70. The summed E-state index contributed by atoms with van der Waals surface area (Å²) >= 11 is 0. The van der Waals surface area contributed by atoms with Crippen LogP contribution in [0.15, 0.2) is 18.2 Å². The SMILES string of the molecule is Cc1ccc(C(=O)NCCOC(C)C)c(O)c1. The Morgan fingerprint density at radius 1 is 1.47 bits per heavy atom. The van der Waals surface area contributed by atoms with Gasteiger partial charge in [-0.25, -0.2) is 0 Å². The van der Waals surface area contributed by atoms with Gasteiger partial charge in [-0.05, 0) is 38.5 Å². The summed E-state index contributed by atoms with van der Waals surface area (Å²) in [5.41, 5.74) is 1.21. The molecule has 0 radical (unpaired) electrons. The van der Waals surface area contributed by atoms with Gasteiger partial charge in [0.25, 0.3) is 5.91 Å². The zero-order chi connectivity index (χ0) is 12.8. The Hall–Kier alpha value is -1.55. The third kappa shape index (κ3) is 4.44. The van der Waals surface area contributed by atoms with Crippen LogP contribution in [0.2, 0.25) is 0 Å². The number of hydrogen-bond donors (Lipinski definition) is 2. The number of carbonyl (C=O) groups excluding carboxylic acids is 1. The van der Waals surface area contributed by atoms with Crippen LogP contribution in [-0.2, 0) is 4.74 Å². The molecule has 0 aliphatic carbocycles. The molecule has 0 saturated carbocycles. The Kier molecular flexibility index (Phi) is 4.97. The fourth-order valence-electron chi connectivity index (χ4n) is 1.39. The molecule has 17 heavy (non-hydrogen) atoms. The lowest BCUT2D eigenvalue weighted by atomic mass is 10.1. The molecule has 0 spiro atoms. The number of aryl methyl sites for hydroxylation is 1. The lowest BCUT2D eigenvalue weighted by Crippen LogP contribution is -2.28. The summed E-state index contributed by atoms with van der Waals surface area (Å²) in [5.74, 6) is -0.276. The molecule has 0 atom stereocenters. The highest BCUT2D eigenvalue weighted by atomic mass is 16.5. The number of nitrogens with one attached hydrogen (secondary N) is 1. The summed E-state index contributed by atoms with van der Waals surface area (Å²) in [6.07, 6.45) is 0.152.